The van der Waals surface area contributed by atoms with Crippen molar-refractivity contribution < 1.29 is 14.3 Å². The molecule has 0 bridgehead atoms. The lowest BCUT2D eigenvalue weighted by molar-refractivity contribution is -0.00405. The lowest BCUT2D eigenvalue weighted by Gasteiger charge is -2.30. The fourth-order valence-electron chi connectivity index (χ4n) is 3.44. The Morgan fingerprint density at radius 1 is 1.00 bits per heavy atom. The second-order valence-electron chi connectivity index (χ2n) is 8.05. The maximum Gasteiger partial charge on any atom is 0.410 e. The molecule has 0 aromatic heterocycles. The normalized spacial score (nSPS) is 19.9. The average Bonchev–Trinajstić information content (AvgIpc) is 3.03. The van der Waals surface area contributed by atoms with Crippen molar-refractivity contribution in [2.45, 2.75) is 58.0 Å². The van der Waals surface area contributed by atoms with E-state index in [1.54, 1.807) is 0 Å². The lowest BCUT2D eigenvalue weighted by atomic mass is 10.0. The number of hydrogen-bond donors (Lipinski definition) is 0. The van der Waals surface area contributed by atoms with E-state index in [1.807, 2.05) is 62.1 Å². The molecule has 144 valence electrons. The molecule has 1 amide bonds. The van der Waals surface area contributed by atoms with Crippen molar-refractivity contribution in [3.05, 3.63) is 71.8 Å². The largest absolute Gasteiger partial charge is 0.444 e. The summed E-state index contributed by atoms with van der Waals surface area (Å²) in [5.41, 5.74) is 1.84. The fourth-order valence-corrected chi connectivity index (χ4v) is 3.44. The van der Waals surface area contributed by atoms with Crippen molar-refractivity contribution in [3.8, 4) is 0 Å². The van der Waals surface area contributed by atoms with Gasteiger partial charge in [0, 0.05) is 6.54 Å². The van der Waals surface area contributed by atoms with Gasteiger partial charge >= 0.3 is 6.09 Å². The number of amides is 1. The molecule has 2 aromatic rings. The van der Waals surface area contributed by atoms with E-state index in [0.29, 0.717) is 13.2 Å². The topological polar surface area (TPSA) is 38.8 Å². The minimum absolute atomic E-state index is 0.00192. The predicted octanol–water partition coefficient (Wildman–Crippen LogP) is 4.82. The highest BCUT2D eigenvalue weighted by Crippen LogP contribution is 2.27. The number of carbonyl (C=O) groups excluding carboxylic acids is 1. The number of hydrogen-bond acceptors (Lipinski definition) is 3. The molecular weight excluding hydrogens is 338 g/mol. The molecule has 1 heterocycles. The number of ether oxygens (including phenoxy) is 2. The van der Waals surface area contributed by atoms with E-state index in [2.05, 4.69) is 24.3 Å². The zero-order valence-corrected chi connectivity index (χ0v) is 16.4. The summed E-state index contributed by atoms with van der Waals surface area (Å²) in [6.45, 7) is 6.91. The van der Waals surface area contributed by atoms with Crippen LogP contribution >= 0.6 is 0 Å². The molecule has 27 heavy (non-hydrogen) atoms. The number of rotatable bonds is 5. The summed E-state index contributed by atoms with van der Waals surface area (Å²) < 4.78 is 11.9. The van der Waals surface area contributed by atoms with E-state index in [9.17, 15) is 4.79 Å². The van der Waals surface area contributed by atoms with Gasteiger partial charge in [-0.1, -0.05) is 60.7 Å². The van der Waals surface area contributed by atoms with Gasteiger partial charge < -0.3 is 14.4 Å². The molecule has 3 rings (SSSR count). The first-order chi connectivity index (χ1) is 12.9. The Hall–Kier alpha value is -2.33. The Kier molecular flexibility index (Phi) is 6.17. The molecule has 0 saturated carbocycles. The molecule has 1 fully saturated rings. The van der Waals surface area contributed by atoms with Gasteiger partial charge in [-0.05, 0) is 44.7 Å². The first kappa shape index (κ1) is 19.4. The van der Waals surface area contributed by atoms with Gasteiger partial charge in [-0.2, -0.15) is 0 Å². The van der Waals surface area contributed by atoms with Gasteiger partial charge in [0.25, 0.3) is 0 Å². The van der Waals surface area contributed by atoms with Crippen LogP contribution in [-0.2, 0) is 22.5 Å². The van der Waals surface area contributed by atoms with Crippen LogP contribution in [0, 0.1) is 0 Å². The number of carbonyl (C=O) groups is 1. The maximum absolute atomic E-state index is 12.7. The van der Waals surface area contributed by atoms with E-state index < -0.39 is 5.60 Å². The summed E-state index contributed by atoms with van der Waals surface area (Å²) in [6, 6.07) is 20.4. The van der Waals surface area contributed by atoms with Gasteiger partial charge in [0.1, 0.15) is 5.60 Å². The van der Waals surface area contributed by atoms with Crippen LogP contribution in [-0.4, -0.2) is 35.3 Å². The van der Waals surface area contributed by atoms with Gasteiger partial charge in [-0.25, -0.2) is 4.79 Å². The van der Waals surface area contributed by atoms with Gasteiger partial charge in [0.05, 0.1) is 18.8 Å². The first-order valence-electron chi connectivity index (χ1n) is 9.61. The molecule has 1 aliphatic heterocycles. The van der Waals surface area contributed by atoms with E-state index in [4.69, 9.17) is 9.47 Å². The quantitative estimate of drug-likeness (QED) is 0.760. The molecule has 0 radical (unpaired) electrons. The molecule has 4 nitrogen and oxygen atoms in total. The SMILES string of the molecule is CC(C)(C)OC(=O)N1CC[C@H](OCc2ccccc2)[C@@H]1Cc1ccccc1. The number of benzene rings is 2. The molecule has 1 aliphatic rings. The summed E-state index contributed by atoms with van der Waals surface area (Å²) in [5.74, 6) is 0. The monoisotopic (exact) mass is 367 g/mol. The Balaban J connectivity index is 1.72. The smallest absolute Gasteiger partial charge is 0.410 e. The zero-order valence-electron chi connectivity index (χ0n) is 16.4. The molecule has 1 saturated heterocycles. The maximum atomic E-state index is 12.7. The Labute approximate surface area is 162 Å². The van der Waals surface area contributed by atoms with E-state index in [-0.39, 0.29) is 18.2 Å². The summed E-state index contributed by atoms with van der Waals surface area (Å²) in [4.78, 5) is 14.6. The third kappa shape index (κ3) is 5.57. The molecule has 2 atom stereocenters. The highest BCUT2D eigenvalue weighted by Gasteiger charge is 2.39. The number of nitrogens with zero attached hydrogens (tertiary/aromatic N) is 1. The first-order valence-corrected chi connectivity index (χ1v) is 9.61. The third-order valence-electron chi connectivity index (χ3n) is 4.71. The van der Waals surface area contributed by atoms with Crippen LogP contribution in [0.25, 0.3) is 0 Å². The second kappa shape index (κ2) is 8.57. The van der Waals surface area contributed by atoms with Crippen molar-refractivity contribution in [1.82, 2.24) is 4.90 Å². The Morgan fingerprint density at radius 2 is 1.59 bits per heavy atom. The van der Waals surface area contributed by atoms with Crippen LogP contribution in [0.1, 0.15) is 38.3 Å². The summed E-state index contributed by atoms with van der Waals surface area (Å²) in [6.07, 6.45) is 1.33. The highest BCUT2D eigenvalue weighted by molar-refractivity contribution is 5.69. The van der Waals surface area contributed by atoms with Gasteiger partial charge in [-0.15, -0.1) is 0 Å². The standard InChI is InChI=1S/C23H29NO3/c1-23(2,3)27-22(25)24-15-14-21(26-17-19-12-8-5-9-13-19)20(24)16-18-10-6-4-7-11-18/h4-13,20-21H,14-17H2,1-3H3/t20-,21-/m0/s1. The van der Waals surface area contributed by atoms with E-state index in [0.717, 1.165) is 18.4 Å². The molecule has 0 unspecified atom stereocenters. The summed E-state index contributed by atoms with van der Waals surface area (Å²) >= 11 is 0. The number of likely N-dealkylation sites (tertiary alicyclic amines) is 1. The molecular formula is C23H29NO3. The molecule has 4 heteroatoms. The lowest BCUT2D eigenvalue weighted by Crippen LogP contribution is -2.44. The van der Waals surface area contributed by atoms with E-state index in [1.165, 1.54) is 5.56 Å². The minimum atomic E-state index is -0.503. The van der Waals surface area contributed by atoms with Crippen LogP contribution in [0.3, 0.4) is 0 Å². The molecule has 2 aromatic carbocycles. The van der Waals surface area contributed by atoms with Crippen molar-refractivity contribution >= 4 is 6.09 Å². The molecule has 0 spiro atoms. The fraction of sp³-hybridized carbons (Fsp3) is 0.435. The van der Waals surface area contributed by atoms with Crippen LogP contribution in [0.5, 0.6) is 0 Å². The second-order valence-corrected chi connectivity index (χ2v) is 8.05. The Bertz CT molecular complexity index is 724. The van der Waals surface area contributed by atoms with Gasteiger partial charge in [0.2, 0.25) is 0 Å². The van der Waals surface area contributed by atoms with Crippen LogP contribution < -0.4 is 0 Å². The Morgan fingerprint density at radius 3 is 2.19 bits per heavy atom. The molecule has 0 N–H and O–H groups in total. The summed E-state index contributed by atoms with van der Waals surface area (Å²) in [5, 5.41) is 0. The summed E-state index contributed by atoms with van der Waals surface area (Å²) in [7, 11) is 0. The van der Waals surface area contributed by atoms with Gasteiger partial charge in [-0.3, -0.25) is 0 Å². The molecule has 0 aliphatic carbocycles. The highest BCUT2D eigenvalue weighted by atomic mass is 16.6. The van der Waals surface area contributed by atoms with Crippen molar-refractivity contribution in [2.75, 3.05) is 6.54 Å². The van der Waals surface area contributed by atoms with Gasteiger partial charge in [0.15, 0.2) is 0 Å². The zero-order chi connectivity index (χ0) is 19.3. The van der Waals surface area contributed by atoms with Crippen molar-refractivity contribution in [3.63, 3.8) is 0 Å². The predicted molar refractivity (Wildman–Crippen MR) is 107 cm³/mol. The third-order valence-corrected chi connectivity index (χ3v) is 4.71. The van der Waals surface area contributed by atoms with Crippen LogP contribution in [0.2, 0.25) is 0 Å². The van der Waals surface area contributed by atoms with Crippen LogP contribution in [0.15, 0.2) is 60.7 Å². The average molecular weight is 367 g/mol. The van der Waals surface area contributed by atoms with Crippen molar-refractivity contribution in [2.24, 2.45) is 0 Å². The van der Waals surface area contributed by atoms with E-state index >= 15 is 0 Å². The van der Waals surface area contributed by atoms with Crippen LogP contribution in [0.4, 0.5) is 4.79 Å². The minimum Gasteiger partial charge on any atom is -0.444 e. The van der Waals surface area contributed by atoms with Crippen molar-refractivity contribution in [1.29, 1.82) is 0 Å².